The highest BCUT2D eigenvalue weighted by molar-refractivity contribution is 14.1. The number of nitrogens with zero attached hydrogens (tertiary/aromatic N) is 1. The van der Waals surface area contributed by atoms with Crippen LogP contribution in [0.5, 0.6) is 5.75 Å². The van der Waals surface area contributed by atoms with Crippen molar-refractivity contribution in [2.45, 2.75) is 19.5 Å². The Balaban J connectivity index is 2.85. The van der Waals surface area contributed by atoms with Crippen molar-refractivity contribution in [3.8, 4) is 5.75 Å². The summed E-state index contributed by atoms with van der Waals surface area (Å²) in [5.41, 5.74) is 0.833. The van der Waals surface area contributed by atoms with E-state index in [4.69, 9.17) is 4.74 Å². The van der Waals surface area contributed by atoms with Crippen molar-refractivity contribution in [3.05, 3.63) is 39.6 Å². The van der Waals surface area contributed by atoms with Crippen molar-refractivity contribution < 1.29 is 22.7 Å². The Morgan fingerprint density at radius 2 is 2.10 bits per heavy atom. The van der Waals surface area contributed by atoms with E-state index < -0.39 is 12.1 Å². The number of hydrogen-bond donors (Lipinski definition) is 0. The number of allylic oxidation sites excluding steroid dienone is 1. The maximum atomic E-state index is 12.5. The Kier molecular flexibility index (Phi) is 6.50. The van der Waals surface area contributed by atoms with Gasteiger partial charge in [0, 0.05) is 16.3 Å². The molecule has 1 aromatic carbocycles. The number of benzene rings is 1. The molecule has 0 saturated carbocycles. The van der Waals surface area contributed by atoms with E-state index in [1.165, 1.54) is 13.2 Å². The van der Waals surface area contributed by atoms with Crippen LogP contribution >= 0.6 is 22.6 Å². The minimum Gasteiger partial charge on any atom is -0.497 e. The number of hydrogen-bond acceptors (Lipinski definition) is 2. The average molecular weight is 413 g/mol. The minimum atomic E-state index is -4.87. The van der Waals surface area contributed by atoms with Crippen LogP contribution < -0.4 is 4.74 Å². The molecule has 0 heterocycles. The Morgan fingerprint density at radius 1 is 1.43 bits per heavy atom. The summed E-state index contributed by atoms with van der Waals surface area (Å²) in [5, 5.41) is 0. The maximum absolute atomic E-state index is 12.5. The highest BCUT2D eigenvalue weighted by Crippen LogP contribution is 2.22. The van der Waals surface area contributed by atoms with Crippen molar-refractivity contribution in [3.63, 3.8) is 0 Å². The number of rotatable bonds is 5. The molecule has 0 saturated heterocycles. The van der Waals surface area contributed by atoms with Crippen LogP contribution in [0.15, 0.2) is 30.5 Å². The van der Waals surface area contributed by atoms with E-state index in [9.17, 15) is 18.0 Å². The van der Waals surface area contributed by atoms with E-state index in [2.05, 4.69) is 22.6 Å². The molecule has 3 nitrogen and oxygen atoms in total. The van der Waals surface area contributed by atoms with Crippen molar-refractivity contribution in [2.75, 3.05) is 13.7 Å². The van der Waals surface area contributed by atoms with Crippen LogP contribution in [0.3, 0.4) is 0 Å². The summed E-state index contributed by atoms with van der Waals surface area (Å²) in [7, 11) is 1.52. The van der Waals surface area contributed by atoms with Crippen LogP contribution in [0.1, 0.15) is 12.5 Å². The Morgan fingerprint density at radius 3 is 2.62 bits per heavy atom. The van der Waals surface area contributed by atoms with Gasteiger partial charge in [-0.1, -0.05) is 6.08 Å². The van der Waals surface area contributed by atoms with E-state index in [0.29, 0.717) is 17.1 Å². The molecule has 0 spiro atoms. The van der Waals surface area contributed by atoms with Gasteiger partial charge in [0.25, 0.3) is 0 Å². The average Bonchev–Trinajstić information content (AvgIpc) is 2.43. The lowest BCUT2D eigenvalue weighted by Gasteiger charge is -2.20. The molecule has 21 heavy (non-hydrogen) atoms. The molecule has 0 aliphatic carbocycles. The first-order valence-electron chi connectivity index (χ1n) is 6.12. The van der Waals surface area contributed by atoms with Crippen LogP contribution in [0.4, 0.5) is 13.2 Å². The molecule has 0 radical (unpaired) electrons. The second-order valence-electron chi connectivity index (χ2n) is 4.19. The molecule has 1 amide bonds. The lowest BCUT2D eigenvalue weighted by Crippen LogP contribution is -2.38. The van der Waals surface area contributed by atoms with Gasteiger partial charge in [0.15, 0.2) is 0 Å². The quantitative estimate of drug-likeness (QED) is 0.689. The zero-order valence-electron chi connectivity index (χ0n) is 11.6. The SMILES string of the molecule is C/C=C\N(CCc1cc(OC)ccc1I)C(=O)C(F)(F)F. The first-order valence-corrected chi connectivity index (χ1v) is 7.20. The number of carbonyl (C=O) groups is 1. The van der Waals surface area contributed by atoms with E-state index in [1.54, 1.807) is 19.1 Å². The van der Waals surface area contributed by atoms with Crippen molar-refractivity contribution in [1.82, 2.24) is 4.90 Å². The topological polar surface area (TPSA) is 29.5 Å². The molecule has 1 rings (SSSR count). The van der Waals surface area contributed by atoms with Crippen LogP contribution in [0.25, 0.3) is 0 Å². The molecule has 7 heteroatoms. The van der Waals surface area contributed by atoms with Crippen molar-refractivity contribution in [1.29, 1.82) is 0 Å². The largest absolute Gasteiger partial charge is 0.497 e. The van der Waals surface area contributed by atoms with E-state index >= 15 is 0 Å². The van der Waals surface area contributed by atoms with Gasteiger partial charge in [-0.3, -0.25) is 4.79 Å². The number of ether oxygens (including phenoxy) is 1. The molecule has 0 N–H and O–H groups in total. The molecular weight excluding hydrogens is 398 g/mol. The van der Waals surface area contributed by atoms with Crippen molar-refractivity contribution in [2.24, 2.45) is 0 Å². The van der Waals surface area contributed by atoms with Crippen LogP contribution in [-0.4, -0.2) is 30.6 Å². The number of halogens is 4. The molecule has 0 fully saturated rings. The van der Waals surface area contributed by atoms with Crippen molar-refractivity contribution >= 4 is 28.5 Å². The molecule has 0 aliphatic heterocycles. The number of alkyl halides is 3. The highest BCUT2D eigenvalue weighted by atomic mass is 127. The first kappa shape index (κ1) is 17.8. The molecule has 0 aromatic heterocycles. The van der Waals surface area contributed by atoms with Crippen LogP contribution in [0.2, 0.25) is 0 Å². The zero-order chi connectivity index (χ0) is 16.0. The second-order valence-corrected chi connectivity index (χ2v) is 5.35. The van der Waals surface area contributed by atoms with Gasteiger partial charge in [0.05, 0.1) is 7.11 Å². The third kappa shape index (κ3) is 5.22. The van der Waals surface area contributed by atoms with Gasteiger partial charge in [-0.05, 0) is 59.7 Å². The second kappa shape index (κ2) is 7.67. The third-order valence-corrected chi connectivity index (χ3v) is 3.76. The molecular formula is C14H15F3INO2. The summed E-state index contributed by atoms with van der Waals surface area (Å²) in [6, 6.07) is 5.35. The summed E-state index contributed by atoms with van der Waals surface area (Å²) in [4.78, 5) is 12.0. The van der Waals surface area contributed by atoms with E-state index in [1.807, 2.05) is 6.07 Å². The maximum Gasteiger partial charge on any atom is 0.471 e. The Labute approximate surface area is 134 Å². The predicted molar refractivity (Wildman–Crippen MR) is 82.0 cm³/mol. The van der Waals surface area contributed by atoms with Gasteiger partial charge >= 0.3 is 12.1 Å². The highest BCUT2D eigenvalue weighted by Gasteiger charge is 2.41. The van der Waals surface area contributed by atoms with Crippen LogP contribution in [0, 0.1) is 3.57 Å². The molecule has 0 bridgehead atoms. The van der Waals surface area contributed by atoms with Gasteiger partial charge in [0.1, 0.15) is 5.75 Å². The van der Waals surface area contributed by atoms with E-state index in [-0.39, 0.29) is 6.54 Å². The lowest BCUT2D eigenvalue weighted by atomic mass is 10.1. The number of carbonyl (C=O) groups excluding carboxylic acids is 1. The van der Waals surface area contributed by atoms with Gasteiger partial charge in [-0.15, -0.1) is 0 Å². The Hall–Kier alpha value is -1.25. The van der Waals surface area contributed by atoms with E-state index in [0.717, 1.165) is 15.3 Å². The normalized spacial score (nSPS) is 11.7. The number of amides is 1. The lowest BCUT2D eigenvalue weighted by molar-refractivity contribution is -0.182. The summed E-state index contributed by atoms with van der Waals surface area (Å²) in [6.07, 6.45) is -2.02. The van der Waals surface area contributed by atoms with Gasteiger partial charge in [-0.2, -0.15) is 13.2 Å². The predicted octanol–water partition coefficient (Wildman–Crippen LogP) is 3.77. The fourth-order valence-corrected chi connectivity index (χ4v) is 2.30. The first-order chi connectivity index (χ1) is 9.79. The fourth-order valence-electron chi connectivity index (χ4n) is 1.70. The molecule has 116 valence electrons. The fraction of sp³-hybridized carbons (Fsp3) is 0.357. The monoisotopic (exact) mass is 413 g/mol. The van der Waals surface area contributed by atoms with Crippen LogP contribution in [-0.2, 0) is 11.2 Å². The molecule has 0 aliphatic rings. The smallest absolute Gasteiger partial charge is 0.471 e. The minimum absolute atomic E-state index is 0.0497. The zero-order valence-corrected chi connectivity index (χ0v) is 13.7. The number of methoxy groups -OCH3 is 1. The third-order valence-electron chi connectivity index (χ3n) is 2.71. The summed E-state index contributed by atoms with van der Waals surface area (Å²) in [5.74, 6) is -1.23. The standard InChI is InChI=1S/C14H15F3INO2/c1-3-7-19(13(20)14(15,16)17)8-6-10-9-11(21-2)4-5-12(10)18/h3-5,7,9H,6,8H2,1-2H3/b7-3-. The summed E-state index contributed by atoms with van der Waals surface area (Å²) < 4.78 is 43.5. The molecule has 0 unspecified atom stereocenters. The molecule has 1 aromatic rings. The van der Waals surface area contributed by atoms with Gasteiger partial charge in [-0.25, -0.2) is 0 Å². The van der Waals surface area contributed by atoms with Gasteiger partial charge in [0.2, 0.25) is 0 Å². The summed E-state index contributed by atoms with van der Waals surface area (Å²) in [6.45, 7) is 1.51. The molecule has 0 atom stereocenters. The Bertz CT molecular complexity index is 529. The summed E-state index contributed by atoms with van der Waals surface area (Å²) >= 11 is 2.10. The van der Waals surface area contributed by atoms with Gasteiger partial charge < -0.3 is 9.64 Å².